The van der Waals surface area contributed by atoms with Gasteiger partial charge in [-0.2, -0.15) is 0 Å². The molecule has 0 spiro atoms. The molecule has 2 fully saturated rings. The first-order chi connectivity index (χ1) is 10.7. The lowest BCUT2D eigenvalue weighted by Gasteiger charge is -2.34. The average Bonchev–Trinajstić information content (AvgIpc) is 2.53. The van der Waals surface area contributed by atoms with Crippen LogP contribution in [-0.4, -0.2) is 61.4 Å². The maximum Gasteiger partial charge on any atom is 0.242 e. The van der Waals surface area contributed by atoms with E-state index in [-0.39, 0.29) is 11.8 Å². The Hall–Kier alpha value is -1.10. The van der Waals surface area contributed by atoms with Gasteiger partial charge in [-0.25, -0.2) is 0 Å². The second-order valence-electron chi connectivity index (χ2n) is 6.70. The third-order valence-corrected chi connectivity index (χ3v) is 5.02. The van der Waals surface area contributed by atoms with Gasteiger partial charge in [-0.05, 0) is 51.6 Å². The zero-order chi connectivity index (χ0) is 15.8. The summed E-state index contributed by atoms with van der Waals surface area (Å²) >= 11 is 0. The van der Waals surface area contributed by atoms with Crippen LogP contribution in [0.4, 0.5) is 0 Å². The number of rotatable bonds is 5. The molecule has 5 heteroatoms. The molecule has 0 aromatic rings. The van der Waals surface area contributed by atoms with Crippen molar-refractivity contribution >= 4 is 11.8 Å². The molecule has 0 aromatic carbocycles. The minimum atomic E-state index is 0.140. The number of hydrogen-bond acceptors (Lipinski definition) is 3. The van der Waals surface area contributed by atoms with E-state index in [1.807, 2.05) is 11.9 Å². The van der Waals surface area contributed by atoms with Crippen LogP contribution in [0.3, 0.4) is 0 Å². The van der Waals surface area contributed by atoms with Gasteiger partial charge in [0.25, 0.3) is 0 Å². The Morgan fingerprint density at radius 3 is 2.59 bits per heavy atom. The number of nitrogens with one attached hydrogen (secondary N) is 1. The van der Waals surface area contributed by atoms with Crippen LogP contribution in [0, 0.1) is 5.92 Å². The molecule has 0 aromatic heterocycles. The van der Waals surface area contributed by atoms with Crippen molar-refractivity contribution in [2.24, 2.45) is 5.92 Å². The number of piperidine rings is 1. The number of carbonyl (C=O) groups excluding carboxylic acids is 2. The Morgan fingerprint density at radius 2 is 1.86 bits per heavy atom. The lowest BCUT2D eigenvalue weighted by molar-refractivity contribution is -0.141. The second kappa shape index (κ2) is 9.13. The van der Waals surface area contributed by atoms with Gasteiger partial charge in [-0.15, -0.1) is 0 Å². The molecule has 0 radical (unpaired) electrons. The topological polar surface area (TPSA) is 52.7 Å². The highest BCUT2D eigenvalue weighted by molar-refractivity contribution is 5.85. The standard InChI is InChI=1S/C17H31N3O2/c1-18-10-7-15-8-12-19(13-9-15)17(22)14-20-11-5-3-2-4-6-16(20)21/h15,18H,2-14H2,1H3. The van der Waals surface area contributed by atoms with E-state index in [1.54, 1.807) is 4.90 Å². The van der Waals surface area contributed by atoms with Crippen LogP contribution in [-0.2, 0) is 9.59 Å². The number of amides is 2. The molecule has 2 saturated heterocycles. The van der Waals surface area contributed by atoms with E-state index in [9.17, 15) is 9.59 Å². The summed E-state index contributed by atoms with van der Waals surface area (Å²) in [5.41, 5.74) is 0. The van der Waals surface area contributed by atoms with Crippen molar-refractivity contribution in [3.8, 4) is 0 Å². The maximum absolute atomic E-state index is 12.5. The number of nitrogens with zero attached hydrogens (tertiary/aromatic N) is 2. The molecule has 0 atom stereocenters. The van der Waals surface area contributed by atoms with Crippen LogP contribution in [0.2, 0.25) is 0 Å². The third-order valence-electron chi connectivity index (χ3n) is 5.02. The highest BCUT2D eigenvalue weighted by Gasteiger charge is 2.25. The van der Waals surface area contributed by atoms with Crippen molar-refractivity contribution in [3.63, 3.8) is 0 Å². The van der Waals surface area contributed by atoms with Crippen molar-refractivity contribution in [1.29, 1.82) is 0 Å². The van der Waals surface area contributed by atoms with Gasteiger partial charge in [0.15, 0.2) is 0 Å². The van der Waals surface area contributed by atoms with Gasteiger partial charge in [0.05, 0.1) is 6.54 Å². The summed E-state index contributed by atoms with van der Waals surface area (Å²) in [5, 5.41) is 3.19. The summed E-state index contributed by atoms with van der Waals surface area (Å²) < 4.78 is 0. The molecule has 22 heavy (non-hydrogen) atoms. The van der Waals surface area contributed by atoms with Gasteiger partial charge in [-0.3, -0.25) is 9.59 Å². The zero-order valence-corrected chi connectivity index (χ0v) is 14.0. The predicted octanol–water partition coefficient (Wildman–Crippen LogP) is 1.63. The summed E-state index contributed by atoms with van der Waals surface area (Å²) in [6, 6.07) is 0. The van der Waals surface area contributed by atoms with E-state index in [0.29, 0.717) is 13.0 Å². The normalized spacial score (nSPS) is 21.6. The van der Waals surface area contributed by atoms with Crippen LogP contribution in [0.25, 0.3) is 0 Å². The van der Waals surface area contributed by atoms with E-state index >= 15 is 0 Å². The molecule has 2 heterocycles. The second-order valence-corrected chi connectivity index (χ2v) is 6.70. The molecule has 2 amide bonds. The minimum absolute atomic E-state index is 0.140. The molecule has 0 bridgehead atoms. The van der Waals surface area contributed by atoms with Crippen LogP contribution in [0.15, 0.2) is 0 Å². The molecular formula is C17H31N3O2. The number of carbonyl (C=O) groups is 2. The summed E-state index contributed by atoms with van der Waals surface area (Å²) in [7, 11) is 1.99. The fraction of sp³-hybridized carbons (Fsp3) is 0.882. The monoisotopic (exact) mass is 309 g/mol. The fourth-order valence-corrected chi connectivity index (χ4v) is 3.47. The van der Waals surface area contributed by atoms with E-state index in [1.165, 1.54) is 12.8 Å². The smallest absolute Gasteiger partial charge is 0.242 e. The number of likely N-dealkylation sites (tertiary alicyclic amines) is 2. The molecule has 1 N–H and O–H groups in total. The molecule has 126 valence electrons. The summed E-state index contributed by atoms with van der Waals surface area (Å²) in [4.78, 5) is 28.3. The first-order valence-electron chi connectivity index (χ1n) is 8.91. The summed E-state index contributed by atoms with van der Waals surface area (Å²) in [6.45, 7) is 3.81. The Balaban J connectivity index is 1.76. The van der Waals surface area contributed by atoms with Gasteiger partial charge in [0.2, 0.25) is 11.8 Å². The largest absolute Gasteiger partial charge is 0.341 e. The molecule has 5 nitrogen and oxygen atoms in total. The Kier molecular flexibility index (Phi) is 7.16. The van der Waals surface area contributed by atoms with Gasteiger partial charge >= 0.3 is 0 Å². The van der Waals surface area contributed by atoms with Gasteiger partial charge in [-0.1, -0.05) is 12.8 Å². The Morgan fingerprint density at radius 1 is 1.14 bits per heavy atom. The summed E-state index contributed by atoms with van der Waals surface area (Å²) in [5.74, 6) is 1.04. The molecule has 0 unspecified atom stereocenters. The summed E-state index contributed by atoms with van der Waals surface area (Å²) in [6.07, 6.45) is 8.33. The molecular weight excluding hydrogens is 278 g/mol. The third kappa shape index (κ3) is 5.27. The SMILES string of the molecule is CNCCC1CCN(C(=O)CN2CCCCCCC2=O)CC1. The Bertz CT molecular complexity index is 365. The van der Waals surface area contributed by atoms with Crippen LogP contribution in [0.1, 0.15) is 51.4 Å². The average molecular weight is 309 g/mol. The van der Waals surface area contributed by atoms with Crippen molar-refractivity contribution in [3.05, 3.63) is 0 Å². The van der Waals surface area contributed by atoms with Crippen molar-refractivity contribution in [1.82, 2.24) is 15.1 Å². The van der Waals surface area contributed by atoms with Crippen LogP contribution >= 0.6 is 0 Å². The maximum atomic E-state index is 12.5. The van der Waals surface area contributed by atoms with Crippen molar-refractivity contribution < 1.29 is 9.59 Å². The van der Waals surface area contributed by atoms with Gasteiger partial charge in [0.1, 0.15) is 0 Å². The first kappa shape index (κ1) is 17.3. The van der Waals surface area contributed by atoms with E-state index in [4.69, 9.17) is 0 Å². The molecule has 0 aliphatic carbocycles. The molecule has 2 aliphatic rings. The lowest BCUT2D eigenvalue weighted by Crippen LogP contribution is -2.46. The number of hydrogen-bond donors (Lipinski definition) is 1. The van der Waals surface area contributed by atoms with Crippen LogP contribution < -0.4 is 5.32 Å². The van der Waals surface area contributed by atoms with Gasteiger partial charge in [0, 0.05) is 26.1 Å². The highest BCUT2D eigenvalue weighted by atomic mass is 16.2. The molecule has 2 rings (SSSR count). The minimum Gasteiger partial charge on any atom is -0.341 e. The van der Waals surface area contributed by atoms with E-state index in [2.05, 4.69) is 5.32 Å². The van der Waals surface area contributed by atoms with Crippen molar-refractivity contribution in [2.75, 3.05) is 39.8 Å². The van der Waals surface area contributed by atoms with Gasteiger partial charge < -0.3 is 15.1 Å². The highest BCUT2D eigenvalue weighted by Crippen LogP contribution is 2.20. The lowest BCUT2D eigenvalue weighted by atomic mass is 9.93. The first-order valence-corrected chi connectivity index (χ1v) is 8.91. The van der Waals surface area contributed by atoms with E-state index < -0.39 is 0 Å². The zero-order valence-electron chi connectivity index (χ0n) is 14.0. The van der Waals surface area contributed by atoms with Crippen LogP contribution in [0.5, 0.6) is 0 Å². The predicted molar refractivity (Wildman–Crippen MR) is 87.5 cm³/mol. The molecule has 2 aliphatic heterocycles. The molecule has 0 saturated carbocycles. The Labute approximate surface area is 134 Å². The quantitative estimate of drug-likeness (QED) is 0.840. The van der Waals surface area contributed by atoms with E-state index in [0.717, 1.165) is 64.2 Å². The van der Waals surface area contributed by atoms with Crippen molar-refractivity contribution in [2.45, 2.75) is 51.4 Å². The fourth-order valence-electron chi connectivity index (χ4n) is 3.47.